The van der Waals surface area contributed by atoms with Crippen LogP contribution >= 0.6 is 0 Å². The molecular weight excluding hydrogens is 304 g/mol. The minimum atomic E-state index is 0.0370. The molecule has 1 aromatic carbocycles. The van der Waals surface area contributed by atoms with E-state index in [9.17, 15) is 9.90 Å². The number of rotatable bonds is 5. The summed E-state index contributed by atoms with van der Waals surface area (Å²) in [6.45, 7) is 3.58. The van der Waals surface area contributed by atoms with E-state index in [4.69, 9.17) is 4.42 Å². The van der Waals surface area contributed by atoms with Crippen molar-refractivity contribution in [3.8, 4) is 5.75 Å². The van der Waals surface area contributed by atoms with E-state index in [2.05, 4.69) is 12.2 Å². The molecular formula is C19H24N2O3. The lowest BCUT2D eigenvalue weighted by molar-refractivity contribution is 0.0700. The molecule has 3 rings (SSSR count). The molecule has 1 fully saturated rings. The van der Waals surface area contributed by atoms with Gasteiger partial charge in [0.15, 0.2) is 0 Å². The van der Waals surface area contributed by atoms with Crippen molar-refractivity contribution < 1.29 is 14.3 Å². The van der Waals surface area contributed by atoms with Gasteiger partial charge in [0.2, 0.25) is 0 Å². The first kappa shape index (κ1) is 16.6. The van der Waals surface area contributed by atoms with Gasteiger partial charge in [0.1, 0.15) is 12.0 Å². The number of aromatic hydroxyl groups is 1. The Bertz CT molecular complexity index is 661. The fraction of sp³-hybridized carbons (Fsp3) is 0.421. The highest BCUT2D eigenvalue weighted by molar-refractivity contribution is 5.93. The summed E-state index contributed by atoms with van der Waals surface area (Å²) in [7, 11) is 0. The van der Waals surface area contributed by atoms with Gasteiger partial charge in [-0.05, 0) is 31.4 Å². The number of nitrogens with zero attached hydrogens (tertiary/aromatic N) is 1. The Morgan fingerprint density at radius 1 is 1.33 bits per heavy atom. The number of piperidine rings is 1. The second kappa shape index (κ2) is 7.53. The number of para-hydroxylation sites is 1. The standard InChI is InChI=1S/C19H24N2O3/c1-2-17(16-5-3-4-6-18(16)22)20-15-7-10-21(11-8-15)19(23)14-9-12-24-13-14/h3-6,9,12-13,15,17,20,22H,2,7-8,10-11H2,1H3/t17-/m1/s1. The van der Waals surface area contributed by atoms with Crippen molar-refractivity contribution in [2.75, 3.05) is 13.1 Å². The summed E-state index contributed by atoms with van der Waals surface area (Å²) in [5.41, 5.74) is 1.55. The van der Waals surface area contributed by atoms with Gasteiger partial charge in [0.25, 0.3) is 5.91 Å². The Kier molecular flexibility index (Phi) is 5.20. The molecule has 1 saturated heterocycles. The molecule has 0 bridgehead atoms. The van der Waals surface area contributed by atoms with Crippen LogP contribution in [0.5, 0.6) is 5.75 Å². The van der Waals surface area contributed by atoms with Crippen LogP contribution in [0.1, 0.15) is 48.1 Å². The molecule has 0 radical (unpaired) electrons. The molecule has 0 unspecified atom stereocenters. The van der Waals surface area contributed by atoms with Gasteiger partial charge in [-0.3, -0.25) is 4.79 Å². The number of phenols is 1. The smallest absolute Gasteiger partial charge is 0.257 e. The molecule has 24 heavy (non-hydrogen) atoms. The van der Waals surface area contributed by atoms with Crippen LogP contribution in [-0.4, -0.2) is 35.0 Å². The van der Waals surface area contributed by atoms with E-state index in [0.29, 0.717) is 17.4 Å². The van der Waals surface area contributed by atoms with Gasteiger partial charge < -0.3 is 19.7 Å². The summed E-state index contributed by atoms with van der Waals surface area (Å²) >= 11 is 0. The predicted octanol–water partition coefficient (Wildman–Crippen LogP) is 3.33. The van der Waals surface area contributed by atoms with Crippen molar-refractivity contribution in [3.63, 3.8) is 0 Å². The van der Waals surface area contributed by atoms with Crippen molar-refractivity contribution in [1.82, 2.24) is 10.2 Å². The summed E-state index contributed by atoms with van der Waals surface area (Å²) < 4.78 is 4.99. The second-order valence-corrected chi connectivity index (χ2v) is 6.26. The lowest BCUT2D eigenvalue weighted by Crippen LogP contribution is -2.45. The molecule has 0 aliphatic carbocycles. The molecule has 0 saturated carbocycles. The van der Waals surface area contributed by atoms with E-state index in [1.54, 1.807) is 12.1 Å². The molecule has 2 aromatic rings. The van der Waals surface area contributed by atoms with Gasteiger partial charge in [0, 0.05) is 30.7 Å². The number of carbonyl (C=O) groups is 1. The first-order valence-electron chi connectivity index (χ1n) is 8.54. The summed E-state index contributed by atoms with van der Waals surface area (Å²) in [4.78, 5) is 14.2. The fourth-order valence-corrected chi connectivity index (χ4v) is 3.31. The SMILES string of the molecule is CC[C@@H](NC1CCN(C(=O)c2ccoc2)CC1)c1ccccc1O. The molecule has 2 N–H and O–H groups in total. The van der Waals surface area contributed by atoms with Crippen molar-refractivity contribution in [1.29, 1.82) is 0 Å². The average molecular weight is 328 g/mol. The number of hydrogen-bond acceptors (Lipinski definition) is 4. The Morgan fingerprint density at radius 2 is 2.08 bits per heavy atom. The van der Waals surface area contributed by atoms with Crippen molar-refractivity contribution in [2.24, 2.45) is 0 Å². The van der Waals surface area contributed by atoms with E-state index >= 15 is 0 Å². The number of likely N-dealkylation sites (tertiary alicyclic amines) is 1. The maximum atomic E-state index is 12.3. The minimum Gasteiger partial charge on any atom is -0.508 e. The molecule has 0 spiro atoms. The fourth-order valence-electron chi connectivity index (χ4n) is 3.31. The van der Waals surface area contributed by atoms with Crippen molar-refractivity contribution in [3.05, 3.63) is 54.0 Å². The third kappa shape index (κ3) is 3.62. The third-order valence-electron chi connectivity index (χ3n) is 4.71. The molecule has 2 heterocycles. The van der Waals surface area contributed by atoms with E-state index in [-0.39, 0.29) is 11.9 Å². The zero-order chi connectivity index (χ0) is 16.9. The highest BCUT2D eigenvalue weighted by Crippen LogP contribution is 2.27. The topological polar surface area (TPSA) is 65.7 Å². The number of benzene rings is 1. The van der Waals surface area contributed by atoms with Gasteiger partial charge >= 0.3 is 0 Å². The maximum Gasteiger partial charge on any atom is 0.257 e. The average Bonchev–Trinajstić information content (AvgIpc) is 3.15. The number of nitrogens with one attached hydrogen (secondary N) is 1. The molecule has 128 valence electrons. The second-order valence-electron chi connectivity index (χ2n) is 6.26. The zero-order valence-electron chi connectivity index (χ0n) is 13.9. The predicted molar refractivity (Wildman–Crippen MR) is 91.9 cm³/mol. The summed E-state index contributed by atoms with van der Waals surface area (Å²) in [6, 6.07) is 9.67. The Morgan fingerprint density at radius 3 is 2.71 bits per heavy atom. The van der Waals surface area contributed by atoms with Crippen molar-refractivity contribution >= 4 is 5.91 Å². The maximum absolute atomic E-state index is 12.3. The first-order chi connectivity index (χ1) is 11.7. The monoisotopic (exact) mass is 328 g/mol. The van der Waals surface area contributed by atoms with Crippen LogP contribution in [0.3, 0.4) is 0 Å². The molecule has 1 atom stereocenters. The number of furan rings is 1. The molecule has 5 heteroatoms. The number of amides is 1. The molecule has 1 amide bonds. The number of hydrogen-bond donors (Lipinski definition) is 2. The van der Waals surface area contributed by atoms with Gasteiger partial charge in [-0.25, -0.2) is 0 Å². The van der Waals surface area contributed by atoms with Gasteiger partial charge in [0.05, 0.1) is 11.8 Å². The normalized spacial score (nSPS) is 17.0. The number of phenolic OH excluding ortho intramolecular Hbond substituents is 1. The van der Waals surface area contributed by atoms with E-state index in [1.165, 1.54) is 12.5 Å². The molecule has 1 aliphatic rings. The van der Waals surface area contributed by atoms with Crippen LogP contribution in [0.2, 0.25) is 0 Å². The summed E-state index contributed by atoms with van der Waals surface area (Å²) in [5.74, 6) is 0.374. The Hall–Kier alpha value is -2.27. The third-order valence-corrected chi connectivity index (χ3v) is 4.71. The summed E-state index contributed by atoms with van der Waals surface area (Å²) in [5, 5.41) is 13.7. The highest BCUT2D eigenvalue weighted by Gasteiger charge is 2.26. The Labute approximate surface area is 142 Å². The quantitative estimate of drug-likeness (QED) is 0.883. The van der Waals surface area contributed by atoms with Gasteiger partial charge in [-0.15, -0.1) is 0 Å². The minimum absolute atomic E-state index is 0.0370. The van der Waals surface area contributed by atoms with E-state index in [0.717, 1.165) is 37.9 Å². The molecule has 1 aliphatic heterocycles. The first-order valence-corrected chi connectivity index (χ1v) is 8.54. The van der Waals surface area contributed by atoms with Crippen LogP contribution in [0.15, 0.2) is 47.3 Å². The van der Waals surface area contributed by atoms with Crippen LogP contribution in [-0.2, 0) is 0 Å². The Balaban J connectivity index is 1.57. The lowest BCUT2D eigenvalue weighted by atomic mass is 9.98. The molecule has 5 nitrogen and oxygen atoms in total. The highest BCUT2D eigenvalue weighted by atomic mass is 16.3. The molecule has 1 aromatic heterocycles. The summed E-state index contributed by atoms with van der Waals surface area (Å²) in [6.07, 6.45) is 5.75. The van der Waals surface area contributed by atoms with Gasteiger partial charge in [-0.1, -0.05) is 25.1 Å². The van der Waals surface area contributed by atoms with Crippen LogP contribution in [0.4, 0.5) is 0 Å². The van der Waals surface area contributed by atoms with E-state index in [1.807, 2.05) is 23.1 Å². The van der Waals surface area contributed by atoms with Gasteiger partial charge in [-0.2, -0.15) is 0 Å². The van der Waals surface area contributed by atoms with Crippen LogP contribution < -0.4 is 5.32 Å². The van der Waals surface area contributed by atoms with E-state index < -0.39 is 0 Å². The lowest BCUT2D eigenvalue weighted by Gasteiger charge is -2.34. The largest absolute Gasteiger partial charge is 0.508 e. The van der Waals surface area contributed by atoms with Crippen LogP contribution in [0, 0.1) is 0 Å². The van der Waals surface area contributed by atoms with Crippen LogP contribution in [0.25, 0.3) is 0 Å². The van der Waals surface area contributed by atoms with Crippen molar-refractivity contribution in [2.45, 2.75) is 38.3 Å². The zero-order valence-corrected chi connectivity index (χ0v) is 13.9. The number of carbonyl (C=O) groups excluding carboxylic acids is 1.